The fraction of sp³-hybridized carbons (Fsp3) is 0.803. The van der Waals surface area contributed by atoms with E-state index in [2.05, 4.69) is 92.1 Å². The average molecular weight is 1210 g/mol. The molecule has 17 unspecified atom stereocenters. The van der Waals surface area contributed by atoms with Crippen LogP contribution in [0.25, 0.3) is 0 Å². The summed E-state index contributed by atoms with van der Waals surface area (Å²) in [6, 6.07) is -0.895. The molecule has 0 aromatic rings. The predicted octanol–water partition coefficient (Wildman–Crippen LogP) is 7.38. The van der Waals surface area contributed by atoms with Gasteiger partial charge in [-0.25, -0.2) is 0 Å². The second-order valence-electron chi connectivity index (χ2n) is 23.2. The minimum atomic E-state index is -1.98. The standard InChI is InChI=1S/C66H115NO18/c1-3-5-7-9-11-13-15-17-18-19-20-21-22-23-24-25-26-27-28-29-30-32-34-36-38-40-42-44-54(72)67-49(50(71)43-41-39-37-35-33-31-16-14-12-10-8-6-4-2)48-80-64-60(78)57(75)62(52(46-69)82-64)85-66-61(79)58(76)63(53(47-70)83-66)84-65-59(77)56(74)55(73)51(45-68)81-65/h5,7,11,13,17-18,20-21,23-24,26-27,49-53,55-66,68-71,73-79H,3-4,6,8-10,12,14-16,19,22,25,28-48H2,1-2H3,(H,67,72)/b7-5-,13-11-,18-17-,21-20-,24-23-,27-26-. The van der Waals surface area contributed by atoms with Crippen molar-refractivity contribution in [2.45, 2.75) is 311 Å². The Kier molecular flexibility index (Phi) is 43.3. The molecule has 0 aliphatic carbocycles. The molecular formula is C66H115NO18. The van der Waals surface area contributed by atoms with E-state index in [1.807, 2.05) is 0 Å². The first-order valence-corrected chi connectivity index (χ1v) is 32.7. The lowest BCUT2D eigenvalue weighted by atomic mass is 9.96. The molecule has 3 aliphatic heterocycles. The van der Waals surface area contributed by atoms with Gasteiger partial charge in [-0.05, 0) is 64.2 Å². The lowest BCUT2D eigenvalue weighted by Gasteiger charge is -2.48. The minimum absolute atomic E-state index is 0.252. The summed E-state index contributed by atoms with van der Waals surface area (Å²) in [5.74, 6) is -0.255. The van der Waals surface area contributed by atoms with Crippen molar-refractivity contribution < 1.29 is 89.4 Å². The third kappa shape index (κ3) is 31.0. The summed E-state index contributed by atoms with van der Waals surface area (Å²) in [5.41, 5.74) is 0. The first-order chi connectivity index (χ1) is 41.3. The molecule has 17 atom stereocenters. The number of carbonyl (C=O) groups is 1. The van der Waals surface area contributed by atoms with Gasteiger partial charge in [0.2, 0.25) is 5.91 Å². The Labute approximate surface area is 508 Å². The Bertz CT molecular complexity index is 1830. The summed E-state index contributed by atoms with van der Waals surface area (Å²) in [5, 5.41) is 120. The van der Waals surface area contributed by atoms with Crippen molar-refractivity contribution in [3.63, 3.8) is 0 Å². The Morgan fingerprint density at radius 1 is 0.435 bits per heavy atom. The number of allylic oxidation sites excluding steroid dienone is 12. The van der Waals surface area contributed by atoms with Crippen LogP contribution in [0.4, 0.5) is 0 Å². The first-order valence-electron chi connectivity index (χ1n) is 32.7. The van der Waals surface area contributed by atoms with Crippen LogP contribution < -0.4 is 5.32 Å². The fourth-order valence-corrected chi connectivity index (χ4v) is 10.7. The molecule has 12 N–H and O–H groups in total. The highest BCUT2D eigenvalue weighted by molar-refractivity contribution is 5.76. The van der Waals surface area contributed by atoms with Crippen molar-refractivity contribution in [1.29, 1.82) is 0 Å². The van der Waals surface area contributed by atoms with E-state index in [1.165, 1.54) is 77.0 Å². The van der Waals surface area contributed by atoms with Gasteiger partial charge in [-0.2, -0.15) is 0 Å². The third-order valence-electron chi connectivity index (χ3n) is 16.0. The molecule has 19 nitrogen and oxygen atoms in total. The van der Waals surface area contributed by atoms with Crippen LogP contribution >= 0.6 is 0 Å². The third-order valence-corrected chi connectivity index (χ3v) is 16.0. The molecule has 0 saturated carbocycles. The Morgan fingerprint density at radius 2 is 0.812 bits per heavy atom. The number of aliphatic hydroxyl groups is 11. The van der Waals surface area contributed by atoms with Gasteiger partial charge in [0, 0.05) is 6.42 Å². The van der Waals surface area contributed by atoms with Gasteiger partial charge < -0.3 is 89.9 Å². The zero-order chi connectivity index (χ0) is 61.9. The fourth-order valence-electron chi connectivity index (χ4n) is 10.7. The van der Waals surface area contributed by atoms with Crippen LogP contribution in [0.1, 0.15) is 206 Å². The van der Waals surface area contributed by atoms with Crippen LogP contribution in [0.2, 0.25) is 0 Å². The second kappa shape index (κ2) is 48.1. The normalized spacial score (nSPS) is 29.4. The van der Waals surface area contributed by atoms with Crippen LogP contribution in [0.3, 0.4) is 0 Å². The number of rotatable bonds is 48. The SMILES string of the molecule is CC/C=C\C/C=C\C/C=C\C/C=C\C/C=C\C/C=C\CCCCCCCCCCC(=O)NC(COC1OC(CO)C(OC2OC(CO)C(OC3OC(CO)C(O)C(O)C3O)C(O)C2O)C(O)C1O)C(O)CCCCCCCCCCCCCCC. The molecular weight excluding hydrogens is 1090 g/mol. The summed E-state index contributed by atoms with van der Waals surface area (Å²) in [4.78, 5) is 13.4. The quantitative estimate of drug-likeness (QED) is 0.0209. The first kappa shape index (κ1) is 76.5. The molecule has 3 heterocycles. The Balaban J connectivity index is 1.43. The molecule has 0 bridgehead atoms. The van der Waals surface area contributed by atoms with Crippen molar-refractivity contribution >= 4 is 5.91 Å². The number of unbranched alkanes of at least 4 members (excludes halogenated alkanes) is 20. The molecule has 0 radical (unpaired) electrons. The van der Waals surface area contributed by atoms with E-state index in [4.69, 9.17) is 28.4 Å². The van der Waals surface area contributed by atoms with E-state index in [9.17, 15) is 61.0 Å². The average Bonchev–Trinajstić information content (AvgIpc) is 2.72. The molecule has 1 amide bonds. The highest BCUT2D eigenvalue weighted by atomic mass is 16.8. The molecule has 0 aromatic carbocycles. The second-order valence-corrected chi connectivity index (χ2v) is 23.2. The molecule has 85 heavy (non-hydrogen) atoms. The van der Waals surface area contributed by atoms with Crippen LogP contribution in [-0.4, -0.2) is 193 Å². The summed E-state index contributed by atoms with van der Waals surface area (Å²) in [6.45, 7) is 1.65. The van der Waals surface area contributed by atoms with E-state index in [0.717, 1.165) is 96.3 Å². The van der Waals surface area contributed by atoms with Gasteiger partial charge in [0.1, 0.15) is 73.2 Å². The predicted molar refractivity (Wildman–Crippen MR) is 328 cm³/mol. The number of hydrogen-bond acceptors (Lipinski definition) is 18. The molecule has 0 spiro atoms. The molecule has 3 fully saturated rings. The Morgan fingerprint density at radius 3 is 1.27 bits per heavy atom. The van der Waals surface area contributed by atoms with Crippen LogP contribution in [-0.2, 0) is 33.2 Å². The van der Waals surface area contributed by atoms with Gasteiger partial charge in [0.15, 0.2) is 18.9 Å². The smallest absolute Gasteiger partial charge is 0.220 e. The molecule has 3 saturated heterocycles. The maximum absolute atomic E-state index is 13.4. The van der Waals surface area contributed by atoms with Gasteiger partial charge in [0.25, 0.3) is 0 Å². The van der Waals surface area contributed by atoms with Crippen LogP contribution in [0, 0.1) is 0 Å². The van der Waals surface area contributed by atoms with Crippen molar-refractivity contribution in [2.75, 3.05) is 26.4 Å². The minimum Gasteiger partial charge on any atom is -0.394 e. The van der Waals surface area contributed by atoms with Crippen molar-refractivity contribution in [3.05, 3.63) is 72.9 Å². The summed E-state index contributed by atoms with van der Waals surface area (Å²) < 4.78 is 34.3. The lowest BCUT2D eigenvalue weighted by Crippen LogP contribution is -2.66. The topological polar surface area (TPSA) is 307 Å². The van der Waals surface area contributed by atoms with E-state index in [1.54, 1.807) is 0 Å². The molecule has 0 aromatic heterocycles. The van der Waals surface area contributed by atoms with E-state index in [-0.39, 0.29) is 18.9 Å². The van der Waals surface area contributed by atoms with Crippen molar-refractivity contribution in [2.24, 2.45) is 0 Å². The monoisotopic (exact) mass is 1210 g/mol. The summed E-state index contributed by atoms with van der Waals surface area (Å²) in [6.07, 6.45) is 31.2. The zero-order valence-corrected chi connectivity index (χ0v) is 51.6. The molecule has 3 rings (SSSR count). The molecule has 492 valence electrons. The zero-order valence-electron chi connectivity index (χ0n) is 51.6. The van der Waals surface area contributed by atoms with Crippen molar-refractivity contribution in [1.82, 2.24) is 5.32 Å². The van der Waals surface area contributed by atoms with Gasteiger partial charge >= 0.3 is 0 Å². The number of carbonyl (C=O) groups excluding carboxylic acids is 1. The highest BCUT2D eigenvalue weighted by Gasteiger charge is 2.53. The number of hydrogen-bond donors (Lipinski definition) is 12. The van der Waals surface area contributed by atoms with Gasteiger partial charge in [-0.3, -0.25) is 4.79 Å². The van der Waals surface area contributed by atoms with Crippen molar-refractivity contribution in [3.8, 4) is 0 Å². The molecule has 19 heteroatoms. The number of nitrogens with one attached hydrogen (secondary N) is 1. The van der Waals surface area contributed by atoms with Crippen LogP contribution in [0.5, 0.6) is 0 Å². The van der Waals surface area contributed by atoms with Gasteiger partial charge in [0.05, 0.1) is 38.6 Å². The van der Waals surface area contributed by atoms with Gasteiger partial charge in [-0.15, -0.1) is 0 Å². The summed E-state index contributed by atoms with van der Waals surface area (Å²) in [7, 11) is 0. The number of ether oxygens (including phenoxy) is 6. The lowest BCUT2D eigenvalue weighted by molar-refractivity contribution is -0.379. The maximum atomic E-state index is 13.4. The largest absolute Gasteiger partial charge is 0.394 e. The molecule has 3 aliphatic rings. The highest BCUT2D eigenvalue weighted by Crippen LogP contribution is 2.33. The van der Waals surface area contributed by atoms with Crippen LogP contribution in [0.15, 0.2) is 72.9 Å². The number of amides is 1. The van der Waals surface area contributed by atoms with Gasteiger partial charge in [-0.1, -0.05) is 209 Å². The van der Waals surface area contributed by atoms with E-state index >= 15 is 0 Å². The van der Waals surface area contributed by atoms with E-state index < -0.39 is 124 Å². The Hall–Kier alpha value is -2.77. The number of aliphatic hydroxyl groups excluding tert-OH is 11. The maximum Gasteiger partial charge on any atom is 0.220 e. The summed E-state index contributed by atoms with van der Waals surface area (Å²) >= 11 is 0. The van der Waals surface area contributed by atoms with E-state index in [0.29, 0.717) is 12.8 Å².